The maximum absolute atomic E-state index is 5.36. The van der Waals surface area contributed by atoms with Gasteiger partial charge >= 0.3 is 0 Å². The molecule has 116 valence electrons. The number of benzene rings is 2. The number of hydrogen-bond donors (Lipinski definition) is 2. The van der Waals surface area contributed by atoms with E-state index in [0.717, 1.165) is 11.4 Å². The Balaban J connectivity index is 1.61. The van der Waals surface area contributed by atoms with E-state index in [1.165, 1.54) is 15.7 Å². The number of hydrogen-bond acceptors (Lipinski definition) is 3. The van der Waals surface area contributed by atoms with E-state index in [0.29, 0.717) is 11.7 Å². The van der Waals surface area contributed by atoms with Gasteiger partial charge in [-0.2, -0.15) is 0 Å². The van der Waals surface area contributed by atoms with Crippen molar-refractivity contribution in [2.45, 2.75) is 11.4 Å². The topological polar surface area (TPSA) is 37.0 Å². The molecule has 1 heterocycles. The van der Waals surface area contributed by atoms with Gasteiger partial charge in [0.2, 0.25) is 0 Å². The summed E-state index contributed by atoms with van der Waals surface area (Å²) in [7, 11) is 0. The number of nitrogens with one attached hydrogen (secondary N) is 2. The summed E-state index contributed by atoms with van der Waals surface area (Å²) in [5.41, 5.74) is 1.95. The van der Waals surface area contributed by atoms with Crippen molar-refractivity contribution in [3.63, 3.8) is 0 Å². The number of thiocarbonyl (C=S) groups is 1. The molecule has 0 fully saturated rings. The molecule has 5 heteroatoms. The standard InChI is InChI=1S/C18H17N3S2/c1-23-17-8-9-19-16(11-17)12-20-18(22)21-15-7-6-13-4-2-3-5-14(13)10-15/h2-11H,12H2,1H3,(H2,20,21,22). The summed E-state index contributed by atoms with van der Waals surface area (Å²) in [6, 6.07) is 18.5. The SMILES string of the molecule is CSc1ccnc(CNC(=S)Nc2ccc3ccccc3c2)c1. The van der Waals surface area contributed by atoms with E-state index in [4.69, 9.17) is 12.2 Å². The first kappa shape index (κ1) is 15.8. The Morgan fingerprint density at radius 2 is 1.91 bits per heavy atom. The summed E-state index contributed by atoms with van der Waals surface area (Å²) in [5.74, 6) is 0. The van der Waals surface area contributed by atoms with Crippen LogP contribution in [0.5, 0.6) is 0 Å². The number of pyridine rings is 1. The molecular weight excluding hydrogens is 322 g/mol. The van der Waals surface area contributed by atoms with Crippen molar-refractivity contribution in [1.29, 1.82) is 0 Å². The maximum Gasteiger partial charge on any atom is 0.171 e. The van der Waals surface area contributed by atoms with Gasteiger partial charge in [0.25, 0.3) is 0 Å². The fraction of sp³-hybridized carbons (Fsp3) is 0.111. The number of aromatic nitrogens is 1. The molecule has 0 bridgehead atoms. The van der Waals surface area contributed by atoms with E-state index in [1.54, 1.807) is 11.8 Å². The van der Waals surface area contributed by atoms with Crippen LogP contribution in [0.4, 0.5) is 5.69 Å². The van der Waals surface area contributed by atoms with Crippen LogP contribution < -0.4 is 10.6 Å². The Morgan fingerprint density at radius 1 is 1.09 bits per heavy atom. The lowest BCUT2D eigenvalue weighted by molar-refractivity contribution is 0.875. The van der Waals surface area contributed by atoms with Crippen molar-refractivity contribution in [2.24, 2.45) is 0 Å². The third-order valence-electron chi connectivity index (χ3n) is 3.46. The van der Waals surface area contributed by atoms with Crippen molar-refractivity contribution in [2.75, 3.05) is 11.6 Å². The van der Waals surface area contributed by atoms with E-state index in [-0.39, 0.29) is 0 Å². The molecule has 0 aliphatic rings. The van der Waals surface area contributed by atoms with Gasteiger partial charge in [0.1, 0.15) is 0 Å². The molecule has 0 aliphatic heterocycles. The zero-order chi connectivity index (χ0) is 16.1. The van der Waals surface area contributed by atoms with Crippen molar-refractivity contribution in [3.05, 3.63) is 66.5 Å². The van der Waals surface area contributed by atoms with Crippen molar-refractivity contribution in [3.8, 4) is 0 Å². The molecule has 3 rings (SSSR count). The van der Waals surface area contributed by atoms with E-state index < -0.39 is 0 Å². The second-order valence-corrected chi connectivity index (χ2v) is 6.34. The Labute approximate surface area is 145 Å². The molecule has 0 saturated heterocycles. The summed E-state index contributed by atoms with van der Waals surface area (Å²) < 4.78 is 0. The predicted octanol–water partition coefficient (Wildman–Crippen LogP) is 4.44. The maximum atomic E-state index is 5.36. The minimum atomic E-state index is 0.594. The zero-order valence-electron chi connectivity index (χ0n) is 12.7. The lowest BCUT2D eigenvalue weighted by atomic mass is 10.1. The number of fused-ring (bicyclic) bond motifs is 1. The van der Waals surface area contributed by atoms with Gasteiger partial charge in [0.15, 0.2) is 5.11 Å². The number of thioether (sulfide) groups is 1. The van der Waals surface area contributed by atoms with E-state index in [2.05, 4.69) is 52.2 Å². The molecule has 0 unspecified atom stereocenters. The van der Waals surface area contributed by atoms with Crippen molar-refractivity contribution >= 4 is 45.6 Å². The second-order valence-electron chi connectivity index (χ2n) is 5.06. The molecule has 2 N–H and O–H groups in total. The third kappa shape index (κ3) is 4.21. The first-order valence-electron chi connectivity index (χ1n) is 7.27. The first-order valence-corrected chi connectivity index (χ1v) is 8.90. The Hall–Kier alpha value is -2.11. The summed E-state index contributed by atoms with van der Waals surface area (Å²) in [4.78, 5) is 5.54. The number of nitrogens with zero attached hydrogens (tertiary/aromatic N) is 1. The Bertz CT molecular complexity index is 833. The predicted molar refractivity (Wildman–Crippen MR) is 103 cm³/mol. The molecule has 3 nitrogen and oxygen atoms in total. The highest BCUT2D eigenvalue weighted by Gasteiger charge is 2.01. The largest absolute Gasteiger partial charge is 0.357 e. The molecule has 0 atom stereocenters. The highest BCUT2D eigenvalue weighted by Crippen LogP contribution is 2.19. The Morgan fingerprint density at radius 3 is 2.74 bits per heavy atom. The molecule has 0 saturated carbocycles. The van der Waals surface area contributed by atoms with Gasteiger partial charge in [-0.1, -0.05) is 30.3 Å². The molecule has 1 aromatic heterocycles. The first-order chi connectivity index (χ1) is 11.2. The lowest BCUT2D eigenvalue weighted by Crippen LogP contribution is -2.28. The van der Waals surface area contributed by atoms with Crippen LogP contribution >= 0.6 is 24.0 Å². The monoisotopic (exact) mass is 339 g/mol. The van der Waals surface area contributed by atoms with E-state index in [1.807, 2.05) is 30.5 Å². The van der Waals surface area contributed by atoms with Crippen LogP contribution in [0.3, 0.4) is 0 Å². The highest BCUT2D eigenvalue weighted by molar-refractivity contribution is 7.98. The molecule has 0 aliphatic carbocycles. The van der Waals surface area contributed by atoms with Crippen molar-refractivity contribution < 1.29 is 0 Å². The van der Waals surface area contributed by atoms with Gasteiger partial charge in [0, 0.05) is 16.8 Å². The number of anilines is 1. The molecule has 3 aromatic rings. The molecule has 0 spiro atoms. The van der Waals surface area contributed by atoms with Crippen LogP contribution in [-0.2, 0) is 6.54 Å². The molecule has 23 heavy (non-hydrogen) atoms. The highest BCUT2D eigenvalue weighted by atomic mass is 32.2. The second kappa shape index (κ2) is 7.44. The van der Waals surface area contributed by atoms with Crippen molar-refractivity contribution in [1.82, 2.24) is 10.3 Å². The lowest BCUT2D eigenvalue weighted by Gasteiger charge is -2.11. The minimum Gasteiger partial charge on any atom is -0.357 e. The molecule has 2 aromatic carbocycles. The molecule has 0 amide bonds. The normalized spacial score (nSPS) is 10.5. The average Bonchev–Trinajstić information content (AvgIpc) is 2.60. The summed E-state index contributed by atoms with van der Waals surface area (Å²) in [6.07, 6.45) is 3.88. The molecular formula is C18H17N3S2. The summed E-state index contributed by atoms with van der Waals surface area (Å²) in [6.45, 7) is 0.605. The summed E-state index contributed by atoms with van der Waals surface area (Å²) >= 11 is 7.07. The van der Waals surface area contributed by atoms with E-state index in [9.17, 15) is 0 Å². The van der Waals surface area contributed by atoms with Gasteiger partial charge in [-0.15, -0.1) is 11.8 Å². The van der Waals surface area contributed by atoms with Gasteiger partial charge in [0.05, 0.1) is 12.2 Å². The minimum absolute atomic E-state index is 0.594. The van der Waals surface area contributed by atoms with Gasteiger partial charge in [-0.25, -0.2) is 0 Å². The smallest absolute Gasteiger partial charge is 0.171 e. The van der Waals surface area contributed by atoms with Crippen LogP contribution in [0.1, 0.15) is 5.69 Å². The van der Waals surface area contributed by atoms with Crippen LogP contribution in [0, 0.1) is 0 Å². The van der Waals surface area contributed by atoms with Gasteiger partial charge in [-0.05, 0) is 53.5 Å². The Kier molecular flexibility index (Phi) is 5.10. The quantitative estimate of drug-likeness (QED) is 0.543. The van der Waals surface area contributed by atoms with Crippen LogP contribution in [0.25, 0.3) is 10.8 Å². The average molecular weight is 339 g/mol. The molecule has 0 radical (unpaired) electrons. The van der Waals surface area contributed by atoms with E-state index >= 15 is 0 Å². The van der Waals surface area contributed by atoms with Crippen LogP contribution in [-0.4, -0.2) is 16.4 Å². The zero-order valence-corrected chi connectivity index (χ0v) is 14.4. The summed E-state index contributed by atoms with van der Waals surface area (Å²) in [5, 5.41) is 9.42. The number of rotatable bonds is 4. The van der Waals surface area contributed by atoms with Gasteiger partial charge < -0.3 is 10.6 Å². The van der Waals surface area contributed by atoms with Crippen LogP contribution in [0.2, 0.25) is 0 Å². The fourth-order valence-corrected chi connectivity index (χ4v) is 2.93. The van der Waals surface area contributed by atoms with Crippen LogP contribution in [0.15, 0.2) is 65.7 Å². The third-order valence-corrected chi connectivity index (χ3v) is 4.43. The fourth-order valence-electron chi connectivity index (χ4n) is 2.29. The van der Waals surface area contributed by atoms with Gasteiger partial charge in [-0.3, -0.25) is 4.98 Å².